The van der Waals surface area contributed by atoms with Crippen LogP contribution in [-0.4, -0.2) is 68.4 Å². The molecule has 0 amide bonds. The summed E-state index contributed by atoms with van der Waals surface area (Å²) in [5.41, 5.74) is -0.546. The molecule has 0 saturated carbocycles. The zero-order valence-electron chi connectivity index (χ0n) is 16.2. The van der Waals surface area contributed by atoms with E-state index >= 15 is 0 Å². The van der Waals surface area contributed by atoms with Crippen LogP contribution < -0.4 is 0 Å². The van der Waals surface area contributed by atoms with Crippen LogP contribution in [0.5, 0.6) is 0 Å². The van der Waals surface area contributed by atoms with Crippen LogP contribution in [0.3, 0.4) is 0 Å². The Hall–Kier alpha value is -2.03. The van der Waals surface area contributed by atoms with E-state index in [-0.39, 0.29) is 12.1 Å². The number of cyclic esters (lactones) is 1. The van der Waals surface area contributed by atoms with Gasteiger partial charge >= 0.3 is 5.97 Å². The third-order valence-electron chi connectivity index (χ3n) is 5.83. The van der Waals surface area contributed by atoms with Gasteiger partial charge in [-0.15, -0.1) is 0 Å². The lowest BCUT2D eigenvalue weighted by molar-refractivity contribution is -0.150. The second-order valence-corrected chi connectivity index (χ2v) is 9.94. The lowest BCUT2D eigenvalue weighted by Gasteiger charge is -2.36. The molecule has 2 saturated heterocycles. The van der Waals surface area contributed by atoms with Gasteiger partial charge in [-0.25, -0.2) is 8.42 Å². The van der Waals surface area contributed by atoms with Crippen molar-refractivity contribution in [3.63, 3.8) is 0 Å². The number of piperidine rings is 1. The summed E-state index contributed by atoms with van der Waals surface area (Å²) in [6.07, 6.45) is 4.82. The maximum atomic E-state index is 13.3. The van der Waals surface area contributed by atoms with Crippen LogP contribution in [0.4, 0.5) is 0 Å². The van der Waals surface area contributed by atoms with Crippen LogP contribution in [0.15, 0.2) is 41.6 Å². The Kier molecular flexibility index (Phi) is 4.89. The zero-order chi connectivity index (χ0) is 19.9. The van der Waals surface area contributed by atoms with Crippen molar-refractivity contribution in [3.8, 4) is 0 Å². The van der Waals surface area contributed by atoms with Crippen molar-refractivity contribution in [2.45, 2.75) is 30.3 Å². The van der Waals surface area contributed by atoms with Gasteiger partial charge in [-0.05, 0) is 39.1 Å². The van der Waals surface area contributed by atoms with Crippen molar-refractivity contribution in [2.24, 2.45) is 5.41 Å². The number of rotatable bonds is 4. The van der Waals surface area contributed by atoms with Crippen molar-refractivity contribution in [1.29, 1.82) is 0 Å². The largest absolute Gasteiger partial charge is 0.461 e. The minimum atomic E-state index is -3.64. The van der Waals surface area contributed by atoms with Crippen LogP contribution in [0, 0.1) is 5.41 Å². The molecule has 0 aliphatic carbocycles. The van der Waals surface area contributed by atoms with E-state index in [1.165, 1.54) is 4.31 Å². The Balaban J connectivity index is 1.54. The van der Waals surface area contributed by atoms with Crippen LogP contribution in [-0.2, 0) is 19.6 Å². The van der Waals surface area contributed by atoms with E-state index in [9.17, 15) is 13.2 Å². The highest BCUT2D eigenvalue weighted by Gasteiger charge is 2.51. The predicted octanol–water partition coefficient (Wildman–Crippen LogP) is 1.88. The van der Waals surface area contributed by atoms with Gasteiger partial charge in [0.25, 0.3) is 0 Å². The van der Waals surface area contributed by atoms with Gasteiger partial charge in [-0.2, -0.15) is 4.31 Å². The third-order valence-corrected chi connectivity index (χ3v) is 7.79. The summed E-state index contributed by atoms with van der Waals surface area (Å²) in [4.78, 5) is 18.9. The smallest absolute Gasteiger partial charge is 0.312 e. The van der Waals surface area contributed by atoms with E-state index in [4.69, 9.17) is 4.74 Å². The van der Waals surface area contributed by atoms with Gasteiger partial charge in [0.05, 0.1) is 10.3 Å². The minimum absolute atomic E-state index is 0.115. The van der Waals surface area contributed by atoms with E-state index in [1.54, 1.807) is 30.6 Å². The summed E-state index contributed by atoms with van der Waals surface area (Å²) in [5, 5.41) is 1.46. The normalized spacial score (nSPS) is 22.8. The standard InChI is InChI=1S/C20H25N3O4S/c1-22(2)14-16-12-20(19(24)27-16)7-10-23(11-8-20)28(25,26)18-5-3-4-15-13-21-9-6-17(15)18/h3-6,9,13,16H,7-8,10-12,14H2,1-2H3. The number of pyridine rings is 1. The van der Waals surface area contributed by atoms with Gasteiger partial charge in [-0.1, -0.05) is 12.1 Å². The molecule has 2 aliphatic rings. The number of hydrogen-bond donors (Lipinski definition) is 0. The van der Waals surface area contributed by atoms with Gasteiger partial charge in [-0.3, -0.25) is 9.78 Å². The fourth-order valence-electron chi connectivity index (χ4n) is 4.37. The number of carbonyl (C=O) groups is 1. The average Bonchev–Trinajstić information content (AvgIpc) is 2.95. The highest BCUT2D eigenvalue weighted by molar-refractivity contribution is 7.89. The molecule has 150 valence electrons. The van der Waals surface area contributed by atoms with Crippen molar-refractivity contribution in [2.75, 3.05) is 33.7 Å². The molecule has 0 radical (unpaired) electrons. The van der Waals surface area contributed by atoms with Gasteiger partial charge in [0.15, 0.2) is 0 Å². The molecule has 1 spiro atoms. The van der Waals surface area contributed by atoms with Crippen molar-refractivity contribution in [1.82, 2.24) is 14.2 Å². The van der Waals surface area contributed by atoms with Gasteiger partial charge in [0.1, 0.15) is 6.10 Å². The van der Waals surface area contributed by atoms with E-state index in [1.807, 2.05) is 25.1 Å². The summed E-state index contributed by atoms with van der Waals surface area (Å²) in [6.45, 7) is 1.35. The molecule has 1 unspecified atom stereocenters. The molecule has 1 atom stereocenters. The summed E-state index contributed by atoms with van der Waals surface area (Å²) in [6, 6.07) is 6.96. The molecule has 1 aromatic heterocycles. The first kappa shape index (κ1) is 19.3. The van der Waals surface area contributed by atoms with E-state index in [2.05, 4.69) is 4.98 Å². The number of ether oxygens (including phenoxy) is 1. The first-order valence-corrected chi connectivity index (χ1v) is 10.9. The third kappa shape index (κ3) is 3.29. The molecule has 8 heteroatoms. The lowest BCUT2D eigenvalue weighted by Crippen LogP contribution is -2.45. The summed E-state index contributed by atoms with van der Waals surface area (Å²) in [7, 11) is 0.265. The fourth-order valence-corrected chi connectivity index (χ4v) is 6.02. The average molecular weight is 404 g/mol. The van der Waals surface area contributed by atoms with Gasteiger partial charge in [0.2, 0.25) is 10.0 Å². The number of benzene rings is 1. The van der Waals surface area contributed by atoms with Crippen molar-refractivity contribution < 1.29 is 17.9 Å². The highest BCUT2D eigenvalue weighted by atomic mass is 32.2. The number of likely N-dealkylation sites (N-methyl/N-ethyl adjacent to an activating group) is 1. The first-order valence-electron chi connectivity index (χ1n) is 9.51. The summed E-state index contributed by atoms with van der Waals surface area (Å²) < 4.78 is 33.6. The number of nitrogens with zero attached hydrogens (tertiary/aromatic N) is 3. The van der Waals surface area contributed by atoms with Crippen molar-refractivity contribution >= 4 is 26.8 Å². The Labute approximate surface area is 165 Å². The number of esters is 1. The number of carbonyl (C=O) groups excluding carboxylic acids is 1. The Morgan fingerprint density at radius 1 is 1.25 bits per heavy atom. The maximum absolute atomic E-state index is 13.3. The molecule has 3 heterocycles. The second kappa shape index (κ2) is 7.09. The zero-order valence-corrected chi connectivity index (χ0v) is 17.0. The van der Waals surface area contributed by atoms with Gasteiger partial charge in [0, 0.05) is 49.2 Å². The molecular formula is C20H25N3O4S. The number of fused-ring (bicyclic) bond motifs is 1. The molecule has 7 nitrogen and oxygen atoms in total. The summed E-state index contributed by atoms with van der Waals surface area (Å²) in [5.74, 6) is -0.173. The molecule has 1 aromatic carbocycles. The van der Waals surface area contributed by atoms with E-state index < -0.39 is 15.4 Å². The van der Waals surface area contributed by atoms with Crippen molar-refractivity contribution in [3.05, 3.63) is 36.7 Å². The highest BCUT2D eigenvalue weighted by Crippen LogP contribution is 2.44. The lowest BCUT2D eigenvalue weighted by atomic mass is 9.76. The predicted molar refractivity (Wildman–Crippen MR) is 105 cm³/mol. The Morgan fingerprint density at radius 2 is 2.00 bits per heavy atom. The maximum Gasteiger partial charge on any atom is 0.312 e. The Morgan fingerprint density at radius 3 is 2.71 bits per heavy atom. The quantitative estimate of drug-likeness (QED) is 0.726. The minimum Gasteiger partial charge on any atom is -0.461 e. The van der Waals surface area contributed by atoms with E-state index in [0.717, 1.165) is 5.39 Å². The number of hydrogen-bond acceptors (Lipinski definition) is 6. The number of aromatic nitrogens is 1. The molecule has 28 heavy (non-hydrogen) atoms. The first-order chi connectivity index (χ1) is 13.3. The molecule has 2 aliphatic heterocycles. The van der Waals surface area contributed by atoms with Crippen LogP contribution >= 0.6 is 0 Å². The van der Waals surface area contributed by atoms with Crippen LogP contribution in [0.1, 0.15) is 19.3 Å². The SMILES string of the molecule is CN(C)CC1CC2(CCN(S(=O)(=O)c3cccc4cnccc34)CC2)C(=O)O1. The molecule has 2 fully saturated rings. The molecule has 4 rings (SSSR count). The summed E-state index contributed by atoms with van der Waals surface area (Å²) >= 11 is 0. The van der Waals surface area contributed by atoms with E-state index in [0.29, 0.717) is 49.2 Å². The second-order valence-electron chi connectivity index (χ2n) is 8.03. The molecule has 0 bridgehead atoms. The van der Waals surface area contributed by atoms with Crippen LogP contribution in [0.2, 0.25) is 0 Å². The molecular weight excluding hydrogens is 378 g/mol. The van der Waals surface area contributed by atoms with Gasteiger partial charge < -0.3 is 9.64 Å². The van der Waals surface area contributed by atoms with Crippen LogP contribution in [0.25, 0.3) is 10.8 Å². The fraction of sp³-hybridized carbons (Fsp3) is 0.500. The molecule has 2 aromatic rings. The molecule has 0 N–H and O–H groups in total. The number of sulfonamides is 1. The topological polar surface area (TPSA) is 79.8 Å². The Bertz CT molecular complexity index is 992. The monoisotopic (exact) mass is 403 g/mol.